The number of ether oxygens (including phenoxy) is 1. The van der Waals surface area contributed by atoms with Gasteiger partial charge in [0.25, 0.3) is 5.91 Å². The minimum atomic E-state index is -0.864. The Morgan fingerprint density at radius 1 is 1.50 bits per heavy atom. The predicted octanol–water partition coefficient (Wildman–Crippen LogP) is 2.52. The molecule has 1 aliphatic heterocycles. The van der Waals surface area contributed by atoms with Gasteiger partial charge in [0.15, 0.2) is 11.2 Å². The van der Waals surface area contributed by atoms with Gasteiger partial charge in [-0.15, -0.1) is 11.3 Å². The molecule has 0 saturated carbocycles. The molecule has 5 nitrogen and oxygen atoms in total. The molecule has 1 aliphatic rings. The van der Waals surface area contributed by atoms with Gasteiger partial charge in [0, 0.05) is 23.0 Å². The molecule has 0 unspecified atom stereocenters. The zero-order valence-electron chi connectivity index (χ0n) is 10.1. The molecule has 0 fully saturated rings. The summed E-state index contributed by atoms with van der Waals surface area (Å²) in [6.45, 7) is 0. The van der Waals surface area contributed by atoms with Crippen LogP contribution in [0.5, 0.6) is 0 Å². The summed E-state index contributed by atoms with van der Waals surface area (Å²) in [5, 5.41) is 5.36. The number of amides is 1. The average Bonchev–Trinajstić information content (AvgIpc) is 2.90. The Labute approximate surface area is 123 Å². The van der Waals surface area contributed by atoms with Gasteiger partial charge < -0.3 is 4.74 Å². The molecule has 1 aromatic heterocycles. The van der Waals surface area contributed by atoms with E-state index in [0.29, 0.717) is 27.7 Å². The quantitative estimate of drug-likeness (QED) is 0.866. The molecular formula is C13H9ClN2O3S. The molecule has 1 N–H and O–H groups in total. The molecule has 2 heterocycles. The van der Waals surface area contributed by atoms with Crippen molar-refractivity contribution in [1.29, 1.82) is 0 Å². The summed E-state index contributed by atoms with van der Waals surface area (Å²) >= 11 is 7.21. The SMILES string of the molecule is O=C1O[C@H](C(=O)Nc2nccs2)Cc2cc(Cl)ccc21. The van der Waals surface area contributed by atoms with Crippen molar-refractivity contribution in [3.63, 3.8) is 0 Å². The van der Waals surface area contributed by atoms with Gasteiger partial charge in [-0.1, -0.05) is 11.6 Å². The van der Waals surface area contributed by atoms with E-state index in [4.69, 9.17) is 16.3 Å². The van der Waals surface area contributed by atoms with Crippen LogP contribution in [0.4, 0.5) is 5.13 Å². The molecule has 0 aliphatic carbocycles. The van der Waals surface area contributed by atoms with Crippen LogP contribution in [0.15, 0.2) is 29.8 Å². The zero-order chi connectivity index (χ0) is 14.1. The Kier molecular flexibility index (Phi) is 3.42. The van der Waals surface area contributed by atoms with E-state index in [-0.39, 0.29) is 5.91 Å². The van der Waals surface area contributed by atoms with Crippen LogP contribution in [-0.4, -0.2) is 23.0 Å². The Hall–Kier alpha value is -1.92. The molecule has 7 heteroatoms. The summed E-state index contributed by atoms with van der Waals surface area (Å²) in [4.78, 5) is 27.9. The molecule has 20 heavy (non-hydrogen) atoms. The third-order valence-electron chi connectivity index (χ3n) is 2.90. The number of benzene rings is 1. The van der Waals surface area contributed by atoms with Crippen LogP contribution in [0.1, 0.15) is 15.9 Å². The second-order valence-electron chi connectivity index (χ2n) is 4.23. The van der Waals surface area contributed by atoms with Crippen molar-refractivity contribution in [2.45, 2.75) is 12.5 Å². The number of nitrogens with one attached hydrogen (secondary N) is 1. The van der Waals surface area contributed by atoms with Crippen molar-refractivity contribution in [1.82, 2.24) is 4.98 Å². The average molecular weight is 309 g/mol. The molecule has 102 valence electrons. The number of cyclic esters (lactones) is 1. The number of hydrogen-bond donors (Lipinski definition) is 1. The Morgan fingerprint density at radius 3 is 3.10 bits per heavy atom. The number of halogens is 1. The van der Waals surface area contributed by atoms with Gasteiger partial charge in [0.05, 0.1) is 5.56 Å². The van der Waals surface area contributed by atoms with Crippen LogP contribution in [0.3, 0.4) is 0 Å². The predicted molar refractivity (Wildman–Crippen MR) is 75.1 cm³/mol. The molecule has 0 saturated heterocycles. The van der Waals surface area contributed by atoms with E-state index in [9.17, 15) is 9.59 Å². The zero-order valence-corrected chi connectivity index (χ0v) is 11.7. The largest absolute Gasteiger partial charge is 0.448 e. The van der Waals surface area contributed by atoms with Crippen LogP contribution in [0, 0.1) is 0 Å². The highest BCUT2D eigenvalue weighted by atomic mass is 35.5. The van der Waals surface area contributed by atoms with E-state index in [1.54, 1.807) is 29.8 Å². The van der Waals surface area contributed by atoms with E-state index >= 15 is 0 Å². The fourth-order valence-corrected chi connectivity index (χ4v) is 2.71. The van der Waals surface area contributed by atoms with Gasteiger partial charge in [-0.3, -0.25) is 10.1 Å². The van der Waals surface area contributed by atoms with Gasteiger partial charge in [-0.2, -0.15) is 0 Å². The Bertz CT molecular complexity index is 672. The number of carbonyl (C=O) groups excluding carboxylic acids is 2. The molecule has 1 atom stereocenters. The topological polar surface area (TPSA) is 68.3 Å². The standard InChI is InChI=1S/C13H9ClN2O3S/c14-8-1-2-9-7(5-8)6-10(19-12(9)18)11(17)16-13-15-3-4-20-13/h1-5,10H,6H2,(H,15,16,17)/t10-/m0/s1. The van der Waals surface area contributed by atoms with E-state index in [1.807, 2.05) is 0 Å². The number of nitrogens with zero attached hydrogens (tertiary/aromatic N) is 1. The number of rotatable bonds is 2. The van der Waals surface area contributed by atoms with Gasteiger partial charge in [0.2, 0.25) is 0 Å². The number of esters is 1. The normalized spacial score (nSPS) is 17.2. The summed E-state index contributed by atoms with van der Waals surface area (Å²) in [5.41, 5.74) is 1.17. The Balaban J connectivity index is 1.80. The fourth-order valence-electron chi connectivity index (χ4n) is 1.98. The van der Waals surface area contributed by atoms with Crippen LogP contribution in [0.25, 0.3) is 0 Å². The number of thiazole rings is 1. The maximum absolute atomic E-state index is 12.1. The lowest BCUT2D eigenvalue weighted by molar-refractivity contribution is -0.125. The van der Waals surface area contributed by atoms with Gasteiger partial charge >= 0.3 is 5.97 Å². The second kappa shape index (κ2) is 5.22. The first-order valence-corrected chi connectivity index (χ1v) is 7.09. The molecule has 3 rings (SSSR count). The lowest BCUT2D eigenvalue weighted by atomic mass is 9.98. The first kappa shape index (κ1) is 13.1. The van der Waals surface area contributed by atoms with E-state index < -0.39 is 12.1 Å². The molecule has 1 aromatic carbocycles. The highest BCUT2D eigenvalue weighted by molar-refractivity contribution is 7.13. The van der Waals surface area contributed by atoms with Crippen molar-refractivity contribution in [3.05, 3.63) is 45.9 Å². The van der Waals surface area contributed by atoms with Crippen LogP contribution >= 0.6 is 22.9 Å². The van der Waals surface area contributed by atoms with Crippen molar-refractivity contribution in [2.24, 2.45) is 0 Å². The van der Waals surface area contributed by atoms with Crippen LogP contribution in [0.2, 0.25) is 5.02 Å². The minimum Gasteiger partial charge on any atom is -0.448 e. The molecule has 0 bridgehead atoms. The number of aromatic nitrogens is 1. The highest BCUT2D eigenvalue weighted by Crippen LogP contribution is 2.25. The maximum Gasteiger partial charge on any atom is 0.339 e. The van der Waals surface area contributed by atoms with Crippen LogP contribution < -0.4 is 5.32 Å². The van der Waals surface area contributed by atoms with Crippen molar-refractivity contribution in [3.8, 4) is 0 Å². The lowest BCUT2D eigenvalue weighted by Crippen LogP contribution is -2.37. The number of hydrogen-bond acceptors (Lipinski definition) is 5. The van der Waals surface area contributed by atoms with Gasteiger partial charge in [-0.05, 0) is 23.8 Å². The first-order valence-electron chi connectivity index (χ1n) is 5.83. The second-order valence-corrected chi connectivity index (χ2v) is 5.56. The minimum absolute atomic E-state index is 0.304. The lowest BCUT2D eigenvalue weighted by Gasteiger charge is -2.23. The van der Waals surface area contributed by atoms with Gasteiger partial charge in [0.1, 0.15) is 0 Å². The van der Waals surface area contributed by atoms with E-state index in [0.717, 1.165) is 0 Å². The summed E-state index contributed by atoms with van der Waals surface area (Å²) in [5.74, 6) is -0.902. The maximum atomic E-state index is 12.1. The number of carbonyl (C=O) groups is 2. The summed E-state index contributed by atoms with van der Waals surface area (Å²) in [6.07, 6.45) is 1.03. The van der Waals surface area contributed by atoms with Gasteiger partial charge in [-0.25, -0.2) is 9.78 Å². The number of anilines is 1. The molecule has 0 spiro atoms. The third kappa shape index (κ3) is 2.52. The smallest absolute Gasteiger partial charge is 0.339 e. The molecule has 2 aromatic rings. The molecule has 0 radical (unpaired) electrons. The summed E-state index contributed by atoms with van der Waals surface area (Å²) in [6, 6.07) is 4.91. The van der Waals surface area contributed by atoms with E-state index in [2.05, 4.69) is 10.3 Å². The third-order valence-corrected chi connectivity index (χ3v) is 3.82. The van der Waals surface area contributed by atoms with Crippen molar-refractivity contribution < 1.29 is 14.3 Å². The molecular weight excluding hydrogens is 300 g/mol. The number of fused-ring (bicyclic) bond motifs is 1. The molecule has 1 amide bonds. The monoisotopic (exact) mass is 308 g/mol. The fraction of sp³-hybridized carbons (Fsp3) is 0.154. The van der Waals surface area contributed by atoms with Crippen LogP contribution in [-0.2, 0) is 16.0 Å². The van der Waals surface area contributed by atoms with Crippen molar-refractivity contribution >= 4 is 39.9 Å². The first-order chi connectivity index (χ1) is 9.63. The summed E-state index contributed by atoms with van der Waals surface area (Å²) < 4.78 is 5.15. The summed E-state index contributed by atoms with van der Waals surface area (Å²) in [7, 11) is 0. The van der Waals surface area contributed by atoms with E-state index in [1.165, 1.54) is 11.3 Å². The highest BCUT2D eigenvalue weighted by Gasteiger charge is 2.31. The van der Waals surface area contributed by atoms with Crippen molar-refractivity contribution in [2.75, 3.05) is 5.32 Å². The Morgan fingerprint density at radius 2 is 2.35 bits per heavy atom.